The molecule has 0 aromatic heterocycles. The van der Waals surface area contributed by atoms with Crippen molar-refractivity contribution in [2.45, 2.75) is 51.7 Å². The van der Waals surface area contributed by atoms with Crippen LogP contribution in [-0.2, 0) is 4.79 Å². The fraction of sp³-hybridized carbons (Fsp3) is 0.889. The van der Waals surface area contributed by atoms with Gasteiger partial charge in [-0.2, -0.15) is 13.2 Å². The van der Waals surface area contributed by atoms with Crippen LogP contribution in [0.25, 0.3) is 0 Å². The van der Waals surface area contributed by atoms with Gasteiger partial charge >= 0.3 is 12.1 Å². The fourth-order valence-electron chi connectivity index (χ4n) is 1.33. The van der Waals surface area contributed by atoms with Crippen molar-refractivity contribution in [3.63, 3.8) is 0 Å². The Morgan fingerprint density at radius 1 is 1.07 bits per heavy atom. The quantitative estimate of drug-likeness (QED) is 0.761. The Kier molecular flexibility index (Phi) is 4.42. The lowest BCUT2D eigenvalue weighted by Gasteiger charge is -2.32. The average molecular weight is 211 g/mol. The van der Waals surface area contributed by atoms with Crippen molar-refractivity contribution in [2.75, 3.05) is 0 Å². The second-order valence-electron chi connectivity index (χ2n) is 3.29. The van der Waals surface area contributed by atoms with E-state index < -0.39 is 17.6 Å². The molecule has 0 spiro atoms. The lowest BCUT2D eigenvalue weighted by molar-refractivity contribution is -0.176. The second-order valence-corrected chi connectivity index (χ2v) is 3.29. The highest BCUT2D eigenvalue weighted by Gasteiger charge is 2.42. The molecule has 0 bridgehead atoms. The van der Waals surface area contributed by atoms with Gasteiger partial charge < -0.3 is 5.32 Å². The van der Waals surface area contributed by atoms with E-state index in [0.717, 1.165) is 0 Å². The Morgan fingerprint density at radius 3 is 1.64 bits per heavy atom. The van der Waals surface area contributed by atoms with Crippen molar-refractivity contribution >= 4 is 5.91 Å². The van der Waals surface area contributed by atoms with Crippen LogP contribution < -0.4 is 5.32 Å². The second kappa shape index (κ2) is 4.66. The highest BCUT2D eigenvalue weighted by molar-refractivity contribution is 5.82. The summed E-state index contributed by atoms with van der Waals surface area (Å²) in [5, 5.41) is 2.06. The third-order valence-corrected chi connectivity index (χ3v) is 2.67. The number of hydrogen-bond acceptors (Lipinski definition) is 1. The van der Waals surface area contributed by atoms with E-state index in [0.29, 0.717) is 19.3 Å². The molecule has 0 fully saturated rings. The van der Waals surface area contributed by atoms with Crippen molar-refractivity contribution < 1.29 is 18.0 Å². The Bertz CT molecular complexity index is 188. The topological polar surface area (TPSA) is 29.1 Å². The van der Waals surface area contributed by atoms with Gasteiger partial charge in [-0.3, -0.25) is 4.79 Å². The molecule has 0 saturated heterocycles. The molecule has 1 N–H and O–H groups in total. The number of rotatable bonds is 4. The van der Waals surface area contributed by atoms with E-state index in [-0.39, 0.29) is 0 Å². The minimum absolute atomic E-state index is 0.502. The van der Waals surface area contributed by atoms with Crippen LogP contribution in [-0.4, -0.2) is 17.6 Å². The van der Waals surface area contributed by atoms with E-state index in [2.05, 4.69) is 5.32 Å². The van der Waals surface area contributed by atoms with Gasteiger partial charge in [0.1, 0.15) is 0 Å². The SMILES string of the molecule is CCC(CC)(CC)NC(=O)C(F)(F)F. The summed E-state index contributed by atoms with van der Waals surface area (Å²) in [5.41, 5.74) is -0.716. The molecule has 0 saturated carbocycles. The minimum atomic E-state index is -4.79. The molecule has 0 atom stereocenters. The molecule has 0 heterocycles. The van der Waals surface area contributed by atoms with Crippen LogP contribution in [0.2, 0.25) is 0 Å². The summed E-state index contributed by atoms with van der Waals surface area (Å²) in [6.45, 7) is 5.30. The Hall–Kier alpha value is -0.740. The number of alkyl halides is 3. The van der Waals surface area contributed by atoms with Crippen molar-refractivity contribution in [2.24, 2.45) is 0 Å². The van der Waals surface area contributed by atoms with Crippen molar-refractivity contribution in [1.29, 1.82) is 0 Å². The molecule has 84 valence electrons. The molecule has 14 heavy (non-hydrogen) atoms. The summed E-state index contributed by atoms with van der Waals surface area (Å²) in [7, 11) is 0. The molecular weight excluding hydrogens is 195 g/mol. The molecule has 2 nitrogen and oxygen atoms in total. The van der Waals surface area contributed by atoms with Gasteiger partial charge in [-0.25, -0.2) is 0 Å². The first-order valence-corrected chi connectivity index (χ1v) is 4.70. The first-order valence-electron chi connectivity index (χ1n) is 4.70. The van der Waals surface area contributed by atoms with Crippen LogP contribution in [0.4, 0.5) is 13.2 Å². The van der Waals surface area contributed by atoms with Crippen LogP contribution in [0.3, 0.4) is 0 Å². The minimum Gasteiger partial charge on any atom is -0.343 e. The van der Waals surface area contributed by atoms with Crippen LogP contribution in [0.15, 0.2) is 0 Å². The molecule has 0 aromatic carbocycles. The number of nitrogens with one attached hydrogen (secondary N) is 1. The summed E-state index contributed by atoms with van der Waals surface area (Å²) < 4.78 is 35.9. The first-order chi connectivity index (χ1) is 6.31. The Labute approximate surface area is 81.9 Å². The van der Waals surface area contributed by atoms with E-state index in [1.54, 1.807) is 20.8 Å². The van der Waals surface area contributed by atoms with E-state index in [9.17, 15) is 18.0 Å². The summed E-state index contributed by atoms with van der Waals surface area (Å²) in [5.74, 6) is -1.84. The fourth-order valence-corrected chi connectivity index (χ4v) is 1.33. The molecular formula is C9H16F3NO. The van der Waals surface area contributed by atoms with E-state index >= 15 is 0 Å². The zero-order chi connectivity index (χ0) is 11.4. The summed E-state index contributed by atoms with van der Waals surface area (Å²) in [6.07, 6.45) is -3.28. The van der Waals surface area contributed by atoms with Crippen molar-refractivity contribution in [1.82, 2.24) is 5.32 Å². The number of hydrogen-bond donors (Lipinski definition) is 1. The Morgan fingerprint density at radius 2 is 1.43 bits per heavy atom. The maximum Gasteiger partial charge on any atom is 0.471 e. The van der Waals surface area contributed by atoms with Crippen molar-refractivity contribution in [3.05, 3.63) is 0 Å². The van der Waals surface area contributed by atoms with Gasteiger partial charge in [-0.05, 0) is 19.3 Å². The van der Waals surface area contributed by atoms with Gasteiger partial charge in [0.15, 0.2) is 0 Å². The average Bonchev–Trinajstić information content (AvgIpc) is 2.12. The molecule has 0 radical (unpaired) electrons. The van der Waals surface area contributed by atoms with Gasteiger partial charge in [-0.1, -0.05) is 20.8 Å². The number of halogens is 3. The monoisotopic (exact) mass is 211 g/mol. The largest absolute Gasteiger partial charge is 0.471 e. The maximum atomic E-state index is 12.0. The zero-order valence-corrected chi connectivity index (χ0v) is 8.66. The highest BCUT2D eigenvalue weighted by Crippen LogP contribution is 2.22. The van der Waals surface area contributed by atoms with Crippen LogP contribution in [0.5, 0.6) is 0 Å². The summed E-state index contributed by atoms with van der Waals surface area (Å²) >= 11 is 0. The van der Waals surface area contributed by atoms with Crippen molar-refractivity contribution in [3.8, 4) is 0 Å². The first kappa shape index (κ1) is 13.3. The van der Waals surface area contributed by atoms with E-state index in [4.69, 9.17) is 0 Å². The maximum absolute atomic E-state index is 12.0. The summed E-state index contributed by atoms with van der Waals surface area (Å²) in [6, 6.07) is 0. The number of carbonyl (C=O) groups excluding carboxylic acids is 1. The lowest BCUT2D eigenvalue weighted by atomic mass is 9.90. The predicted octanol–water partition coefficient (Wildman–Crippen LogP) is 2.63. The van der Waals surface area contributed by atoms with Gasteiger partial charge in [0.05, 0.1) is 0 Å². The van der Waals surface area contributed by atoms with Crippen LogP contribution >= 0.6 is 0 Å². The highest BCUT2D eigenvalue weighted by atomic mass is 19.4. The molecule has 0 aliphatic heterocycles. The molecule has 5 heteroatoms. The lowest BCUT2D eigenvalue weighted by Crippen LogP contribution is -2.51. The van der Waals surface area contributed by atoms with E-state index in [1.807, 2.05) is 0 Å². The Balaban J connectivity index is 4.54. The van der Waals surface area contributed by atoms with E-state index in [1.165, 1.54) is 0 Å². The zero-order valence-electron chi connectivity index (χ0n) is 8.66. The molecule has 0 rings (SSSR count). The third-order valence-electron chi connectivity index (χ3n) is 2.67. The van der Waals surface area contributed by atoms with Gasteiger partial charge in [0.25, 0.3) is 0 Å². The molecule has 0 unspecified atom stereocenters. The van der Waals surface area contributed by atoms with Gasteiger partial charge in [-0.15, -0.1) is 0 Å². The predicted molar refractivity (Wildman–Crippen MR) is 47.8 cm³/mol. The number of amides is 1. The van der Waals surface area contributed by atoms with Crippen LogP contribution in [0.1, 0.15) is 40.0 Å². The third kappa shape index (κ3) is 3.20. The number of carbonyl (C=O) groups is 1. The van der Waals surface area contributed by atoms with Gasteiger partial charge in [0.2, 0.25) is 0 Å². The van der Waals surface area contributed by atoms with Gasteiger partial charge in [0, 0.05) is 5.54 Å². The standard InChI is InChI=1S/C9H16F3NO/c1-4-8(5-2,6-3)13-7(14)9(10,11)12/h4-6H2,1-3H3,(H,13,14). The smallest absolute Gasteiger partial charge is 0.343 e. The normalized spacial score (nSPS) is 12.7. The molecule has 0 aromatic rings. The molecule has 0 aliphatic rings. The van der Waals surface area contributed by atoms with Crippen LogP contribution in [0, 0.1) is 0 Å². The summed E-state index contributed by atoms with van der Waals surface area (Å²) in [4.78, 5) is 10.7. The molecule has 1 amide bonds. The molecule has 0 aliphatic carbocycles.